The Kier molecular flexibility index (Phi) is 3.01. The quantitative estimate of drug-likeness (QED) is 0.806. The Balaban J connectivity index is 2.26. The van der Waals surface area contributed by atoms with Crippen molar-refractivity contribution < 1.29 is 5.11 Å². The van der Waals surface area contributed by atoms with Gasteiger partial charge in [-0.3, -0.25) is 4.98 Å². The lowest BCUT2D eigenvalue weighted by Gasteiger charge is -2.08. The highest BCUT2D eigenvalue weighted by Gasteiger charge is 2.13. The maximum atomic E-state index is 9.46. The number of hydrogen-bond donors (Lipinski definition) is 2. The number of nitrogens with zero attached hydrogens (tertiary/aromatic N) is 2. The van der Waals surface area contributed by atoms with E-state index in [1.807, 2.05) is 12.1 Å². The average Bonchev–Trinajstić information content (AvgIpc) is 2.81. The van der Waals surface area contributed by atoms with Crippen LogP contribution in [0.1, 0.15) is 30.7 Å². The Morgan fingerprint density at radius 2 is 2.44 bits per heavy atom. The number of aliphatic hydroxyl groups excluding tert-OH is 1. The summed E-state index contributed by atoms with van der Waals surface area (Å²) in [6.07, 6.45) is 2.02. The van der Waals surface area contributed by atoms with Crippen molar-refractivity contribution in [1.82, 2.24) is 10.4 Å². The van der Waals surface area contributed by atoms with Gasteiger partial charge in [-0.05, 0) is 30.2 Å². The summed E-state index contributed by atoms with van der Waals surface area (Å²) in [5.41, 5.74) is 6.42. The highest BCUT2D eigenvalue weighted by atomic mass is 16.3. The molecule has 2 heterocycles. The van der Waals surface area contributed by atoms with Gasteiger partial charge in [0.25, 0.3) is 0 Å². The van der Waals surface area contributed by atoms with Crippen molar-refractivity contribution in [2.45, 2.75) is 19.4 Å². The predicted molar refractivity (Wildman–Crippen MR) is 64.0 cm³/mol. The molecule has 0 radical (unpaired) electrons. The molecule has 1 aliphatic rings. The Labute approximate surface area is 94.7 Å². The van der Waals surface area contributed by atoms with Gasteiger partial charge in [0.15, 0.2) is 0 Å². The van der Waals surface area contributed by atoms with Gasteiger partial charge >= 0.3 is 0 Å². The molecule has 0 aliphatic carbocycles. The summed E-state index contributed by atoms with van der Waals surface area (Å²) in [4.78, 5) is 4.10. The number of rotatable bonds is 3. The van der Waals surface area contributed by atoms with E-state index >= 15 is 0 Å². The normalized spacial score (nSPS) is 16.5. The van der Waals surface area contributed by atoms with Crippen LogP contribution in [0.5, 0.6) is 0 Å². The van der Waals surface area contributed by atoms with Crippen molar-refractivity contribution in [2.75, 3.05) is 6.54 Å². The van der Waals surface area contributed by atoms with Crippen molar-refractivity contribution in [3.8, 4) is 0 Å². The first-order chi connectivity index (χ1) is 7.68. The zero-order valence-electron chi connectivity index (χ0n) is 9.27. The molecule has 4 heteroatoms. The lowest BCUT2D eigenvalue weighted by Crippen LogP contribution is -2.01. The van der Waals surface area contributed by atoms with Crippen molar-refractivity contribution in [1.29, 1.82) is 0 Å². The highest BCUT2D eigenvalue weighted by Crippen LogP contribution is 2.20. The molecule has 1 aromatic heterocycles. The van der Waals surface area contributed by atoms with E-state index in [2.05, 4.69) is 22.1 Å². The smallest absolute Gasteiger partial charge is 0.0931 e. The van der Waals surface area contributed by atoms with Crippen LogP contribution >= 0.6 is 0 Å². The van der Waals surface area contributed by atoms with Gasteiger partial charge < -0.3 is 10.5 Å². The molecule has 4 nitrogen and oxygen atoms in total. The second-order valence-electron chi connectivity index (χ2n) is 3.84. The molecule has 16 heavy (non-hydrogen) atoms. The number of aliphatic hydroxyl groups is 1. The number of hydrogen-bond acceptors (Lipinski definition) is 4. The number of aromatic nitrogens is 1. The van der Waals surface area contributed by atoms with E-state index in [1.165, 1.54) is 0 Å². The molecule has 1 unspecified atom stereocenters. The topological polar surface area (TPSA) is 57.5 Å². The Bertz CT molecular complexity index is 438. The van der Waals surface area contributed by atoms with E-state index in [4.69, 9.17) is 0 Å². The minimum Gasteiger partial charge on any atom is -0.387 e. The molecule has 1 aromatic rings. The van der Waals surface area contributed by atoms with Gasteiger partial charge in [0.1, 0.15) is 0 Å². The van der Waals surface area contributed by atoms with Crippen LogP contribution in [0.4, 0.5) is 0 Å². The van der Waals surface area contributed by atoms with Gasteiger partial charge in [-0.2, -0.15) is 5.10 Å². The van der Waals surface area contributed by atoms with Crippen LogP contribution in [0.3, 0.4) is 0 Å². The Hall–Kier alpha value is -1.68. The van der Waals surface area contributed by atoms with Gasteiger partial charge in [-0.25, -0.2) is 0 Å². The first-order valence-corrected chi connectivity index (χ1v) is 5.31. The van der Waals surface area contributed by atoms with Gasteiger partial charge in [0, 0.05) is 19.2 Å². The van der Waals surface area contributed by atoms with E-state index < -0.39 is 6.10 Å². The number of nitrogens with one attached hydrogen (secondary N) is 1. The number of pyridine rings is 1. The fourth-order valence-electron chi connectivity index (χ4n) is 1.63. The lowest BCUT2D eigenvalue weighted by atomic mass is 10.0. The maximum absolute atomic E-state index is 9.46. The lowest BCUT2D eigenvalue weighted by molar-refractivity contribution is 0.194. The molecule has 0 amide bonds. The third-order valence-electron chi connectivity index (χ3n) is 2.59. The molecule has 2 rings (SSSR count). The van der Waals surface area contributed by atoms with Gasteiger partial charge in [-0.1, -0.05) is 6.58 Å². The summed E-state index contributed by atoms with van der Waals surface area (Å²) < 4.78 is 0. The molecule has 0 fully saturated rings. The summed E-state index contributed by atoms with van der Waals surface area (Å²) >= 11 is 0. The van der Waals surface area contributed by atoms with Crippen LogP contribution in [0.2, 0.25) is 0 Å². The summed E-state index contributed by atoms with van der Waals surface area (Å²) in [6.45, 7) is 6.59. The first-order valence-electron chi connectivity index (χ1n) is 5.31. The van der Waals surface area contributed by atoms with Crippen molar-refractivity contribution >= 4 is 11.3 Å². The second kappa shape index (κ2) is 4.45. The minimum atomic E-state index is -0.559. The standard InChI is InChI=1S/C12H15N3O/c1-8(11-4-6-14-15-11)10-3-5-13-12(7-10)9(2)16/h3,5,7,9,14,16H,1,4,6H2,2H3. The second-order valence-corrected chi connectivity index (χ2v) is 3.84. The van der Waals surface area contributed by atoms with Crippen LogP contribution < -0.4 is 5.43 Å². The van der Waals surface area contributed by atoms with Crippen LogP contribution in [-0.4, -0.2) is 22.3 Å². The van der Waals surface area contributed by atoms with Crippen LogP contribution in [0.25, 0.3) is 5.57 Å². The first kappa shape index (κ1) is 10.8. The molecule has 0 spiro atoms. The van der Waals surface area contributed by atoms with E-state index in [9.17, 15) is 5.11 Å². The van der Waals surface area contributed by atoms with Gasteiger partial charge in [0.2, 0.25) is 0 Å². The van der Waals surface area contributed by atoms with Crippen molar-refractivity contribution in [3.05, 3.63) is 36.2 Å². The highest BCUT2D eigenvalue weighted by molar-refractivity contribution is 6.23. The molecule has 1 aliphatic heterocycles. The maximum Gasteiger partial charge on any atom is 0.0931 e. The third kappa shape index (κ3) is 2.12. The fraction of sp³-hybridized carbons (Fsp3) is 0.333. The molecular formula is C12H15N3O. The van der Waals surface area contributed by atoms with E-state index in [0.717, 1.165) is 29.8 Å². The van der Waals surface area contributed by atoms with Crippen LogP contribution in [0, 0.1) is 0 Å². The molecule has 0 saturated heterocycles. The monoisotopic (exact) mass is 217 g/mol. The molecule has 2 N–H and O–H groups in total. The van der Waals surface area contributed by atoms with E-state index in [-0.39, 0.29) is 0 Å². The summed E-state index contributed by atoms with van der Waals surface area (Å²) in [7, 11) is 0. The predicted octanol–water partition coefficient (Wildman–Crippen LogP) is 1.50. The van der Waals surface area contributed by atoms with E-state index in [0.29, 0.717) is 5.69 Å². The third-order valence-corrected chi connectivity index (χ3v) is 2.59. The van der Waals surface area contributed by atoms with Crippen LogP contribution in [-0.2, 0) is 0 Å². The average molecular weight is 217 g/mol. The molecule has 84 valence electrons. The molecule has 0 saturated carbocycles. The Morgan fingerprint density at radius 1 is 1.62 bits per heavy atom. The summed E-state index contributed by atoms with van der Waals surface area (Å²) in [5, 5.41) is 13.6. The zero-order valence-corrected chi connectivity index (χ0v) is 9.27. The van der Waals surface area contributed by atoms with Crippen molar-refractivity contribution in [3.63, 3.8) is 0 Å². The Morgan fingerprint density at radius 3 is 3.06 bits per heavy atom. The molecule has 0 bridgehead atoms. The van der Waals surface area contributed by atoms with Crippen molar-refractivity contribution in [2.24, 2.45) is 5.10 Å². The number of hydrazone groups is 1. The zero-order chi connectivity index (χ0) is 11.5. The molecule has 0 aromatic carbocycles. The fourth-order valence-corrected chi connectivity index (χ4v) is 1.63. The van der Waals surface area contributed by atoms with Gasteiger partial charge in [-0.15, -0.1) is 0 Å². The summed E-state index contributed by atoms with van der Waals surface area (Å²) in [5.74, 6) is 0. The van der Waals surface area contributed by atoms with Crippen LogP contribution in [0.15, 0.2) is 30.0 Å². The minimum absolute atomic E-state index is 0.559. The van der Waals surface area contributed by atoms with E-state index in [1.54, 1.807) is 13.1 Å². The largest absolute Gasteiger partial charge is 0.387 e. The van der Waals surface area contributed by atoms with Gasteiger partial charge in [0.05, 0.1) is 17.5 Å². The molecular weight excluding hydrogens is 202 g/mol. The molecule has 1 atom stereocenters. The SMILES string of the molecule is C=C(C1=NNCC1)c1ccnc(C(C)O)c1. The summed E-state index contributed by atoms with van der Waals surface area (Å²) in [6, 6.07) is 3.74. The number of allylic oxidation sites excluding steroid dienone is 1.